The first-order chi connectivity index (χ1) is 7.72. The van der Waals surface area contributed by atoms with Crippen molar-refractivity contribution >= 4 is 11.7 Å². The minimum absolute atomic E-state index is 0.132. The van der Waals surface area contributed by atoms with E-state index in [0.717, 1.165) is 5.56 Å². The predicted molar refractivity (Wildman–Crippen MR) is 61.8 cm³/mol. The van der Waals surface area contributed by atoms with Gasteiger partial charge in [0.2, 0.25) is 0 Å². The van der Waals surface area contributed by atoms with Gasteiger partial charge in [0.25, 0.3) is 0 Å². The Morgan fingerprint density at radius 2 is 2.19 bits per heavy atom. The second-order valence-corrected chi connectivity index (χ2v) is 3.57. The number of benzene rings is 1. The summed E-state index contributed by atoms with van der Waals surface area (Å²) in [7, 11) is 0. The Hall–Kier alpha value is -1.55. The van der Waals surface area contributed by atoms with Crippen LogP contribution in [0.15, 0.2) is 24.3 Å². The second kappa shape index (κ2) is 6.85. The number of rotatable bonds is 6. The van der Waals surface area contributed by atoms with Gasteiger partial charge in [-0.2, -0.15) is 0 Å². The van der Waals surface area contributed by atoms with Crippen molar-refractivity contribution in [3.63, 3.8) is 0 Å². The summed E-state index contributed by atoms with van der Waals surface area (Å²) in [5.74, 6) is -0.261. The van der Waals surface area contributed by atoms with Crippen LogP contribution in [0.4, 0.5) is 5.69 Å². The molecule has 0 aliphatic rings. The van der Waals surface area contributed by atoms with Gasteiger partial charge in [0.15, 0.2) is 0 Å². The van der Waals surface area contributed by atoms with Crippen LogP contribution in [0.1, 0.15) is 18.4 Å². The Bertz CT molecular complexity index is 339. The lowest BCUT2D eigenvalue weighted by Crippen LogP contribution is -2.09. The van der Waals surface area contributed by atoms with Gasteiger partial charge in [-0.1, -0.05) is 12.1 Å². The molecule has 1 rings (SSSR count). The summed E-state index contributed by atoms with van der Waals surface area (Å²) in [5.41, 5.74) is 7.09. The van der Waals surface area contributed by atoms with E-state index in [-0.39, 0.29) is 19.0 Å². The van der Waals surface area contributed by atoms with E-state index in [1.54, 1.807) is 12.1 Å². The number of aliphatic hydroxyl groups is 1. The zero-order valence-electron chi connectivity index (χ0n) is 9.19. The number of nitrogen functional groups attached to an aromatic ring is 1. The van der Waals surface area contributed by atoms with Gasteiger partial charge in [-0.15, -0.1) is 0 Å². The molecule has 0 aliphatic carbocycles. The molecule has 0 amide bonds. The molecule has 1 aromatic rings. The molecular weight excluding hydrogens is 206 g/mol. The topological polar surface area (TPSA) is 72.6 Å². The average molecular weight is 223 g/mol. The fourth-order valence-corrected chi connectivity index (χ4v) is 1.32. The molecule has 0 heterocycles. The van der Waals surface area contributed by atoms with Crippen molar-refractivity contribution in [2.45, 2.75) is 19.3 Å². The van der Waals surface area contributed by atoms with E-state index < -0.39 is 0 Å². The average Bonchev–Trinajstić information content (AvgIpc) is 2.24. The zero-order chi connectivity index (χ0) is 11.8. The number of carbonyl (C=O) groups is 1. The molecule has 0 bridgehead atoms. The molecule has 0 aliphatic heterocycles. The van der Waals surface area contributed by atoms with Crippen LogP contribution in [0, 0.1) is 0 Å². The highest BCUT2D eigenvalue weighted by Gasteiger charge is 2.04. The maximum atomic E-state index is 11.4. The molecular formula is C12H17NO3. The van der Waals surface area contributed by atoms with Crippen LogP contribution in [0.5, 0.6) is 0 Å². The maximum Gasteiger partial charge on any atom is 0.310 e. The molecule has 0 saturated heterocycles. The van der Waals surface area contributed by atoms with Crippen molar-refractivity contribution in [2.75, 3.05) is 18.9 Å². The van der Waals surface area contributed by atoms with Crippen molar-refractivity contribution in [1.82, 2.24) is 0 Å². The monoisotopic (exact) mass is 223 g/mol. The summed E-state index contributed by atoms with van der Waals surface area (Å²) in [4.78, 5) is 11.4. The summed E-state index contributed by atoms with van der Waals surface area (Å²) >= 11 is 0. The molecule has 0 fully saturated rings. The van der Waals surface area contributed by atoms with E-state index in [4.69, 9.17) is 15.6 Å². The first-order valence-electron chi connectivity index (χ1n) is 5.33. The van der Waals surface area contributed by atoms with E-state index in [2.05, 4.69) is 0 Å². The largest absolute Gasteiger partial charge is 0.465 e. The summed E-state index contributed by atoms with van der Waals surface area (Å²) in [6.07, 6.45) is 1.59. The lowest BCUT2D eigenvalue weighted by atomic mass is 10.1. The number of nitrogens with two attached hydrogens (primary N) is 1. The highest BCUT2D eigenvalue weighted by molar-refractivity contribution is 5.72. The number of esters is 1. The standard InChI is InChI=1S/C12H17NO3/c13-11-5-3-4-10(8-11)9-12(15)16-7-2-1-6-14/h3-5,8,14H,1-2,6-7,9,13H2. The van der Waals surface area contributed by atoms with E-state index in [1.165, 1.54) is 0 Å². The van der Waals surface area contributed by atoms with E-state index in [1.807, 2.05) is 12.1 Å². The fraction of sp³-hybridized carbons (Fsp3) is 0.417. The second-order valence-electron chi connectivity index (χ2n) is 3.57. The van der Waals surface area contributed by atoms with Crippen molar-refractivity contribution in [3.05, 3.63) is 29.8 Å². The Morgan fingerprint density at radius 3 is 2.88 bits per heavy atom. The molecule has 0 spiro atoms. The lowest BCUT2D eigenvalue weighted by Gasteiger charge is -2.04. The number of anilines is 1. The van der Waals surface area contributed by atoms with Gasteiger partial charge in [-0.25, -0.2) is 0 Å². The SMILES string of the molecule is Nc1cccc(CC(=O)OCCCCO)c1. The first-order valence-corrected chi connectivity index (χ1v) is 5.33. The summed E-state index contributed by atoms with van der Waals surface area (Å²) in [5, 5.41) is 8.54. The number of unbranched alkanes of at least 4 members (excludes halogenated alkanes) is 1. The molecule has 88 valence electrons. The quantitative estimate of drug-likeness (QED) is 0.431. The van der Waals surface area contributed by atoms with Crippen LogP contribution in [-0.4, -0.2) is 24.3 Å². The van der Waals surface area contributed by atoms with Gasteiger partial charge < -0.3 is 15.6 Å². The number of carbonyl (C=O) groups excluding carboxylic acids is 1. The molecule has 3 N–H and O–H groups in total. The molecule has 16 heavy (non-hydrogen) atoms. The van der Waals surface area contributed by atoms with Crippen LogP contribution >= 0.6 is 0 Å². The van der Waals surface area contributed by atoms with Gasteiger partial charge in [0, 0.05) is 12.3 Å². The van der Waals surface area contributed by atoms with Gasteiger partial charge in [-0.05, 0) is 30.5 Å². The highest BCUT2D eigenvalue weighted by Crippen LogP contribution is 2.07. The normalized spacial score (nSPS) is 10.1. The van der Waals surface area contributed by atoms with E-state index >= 15 is 0 Å². The van der Waals surface area contributed by atoms with E-state index in [0.29, 0.717) is 25.1 Å². The third kappa shape index (κ3) is 4.79. The third-order valence-corrected chi connectivity index (χ3v) is 2.12. The molecule has 0 aromatic heterocycles. The van der Waals surface area contributed by atoms with Gasteiger partial charge >= 0.3 is 5.97 Å². The van der Waals surface area contributed by atoms with Crippen molar-refractivity contribution < 1.29 is 14.6 Å². The van der Waals surface area contributed by atoms with Crippen molar-refractivity contribution in [1.29, 1.82) is 0 Å². The highest BCUT2D eigenvalue weighted by atomic mass is 16.5. The molecule has 4 nitrogen and oxygen atoms in total. The maximum absolute atomic E-state index is 11.4. The molecule has 0 unspecified atom stereocenters. The van der Waals surface area contributed by atoms with E-state index in [9.17, 15) is 4.79 Å². The van der Waals surface area contributed by atoms with Crippen LogP contribution < -0.4 is 5.73 Å². The number of hydrogen-bond acceptors (Lipinski definition) is 4. The number of ether oxygens (including phenoxy) is 1. The summed E-state index contributed by atoms with van der Waals surface area (Å²) in [6.45, 7) is 0.495. The Morgan fingerprint density at radius 1 is 1.38 bits per heavy atom. The van der Waals surface area contributed by atoms with Crippen molar-refractivity contribution in [3.8, 4) is 0 Å². The van der Waals surface area contributed by atoms with Gasteiger partial charge in [0.05, 0.1) is 13.0 Å². The third-order valence-electron chi connectivity index (χ3n) is 2.12. The molecule has 0 radical (unpaired) electrons. The van der Waals surface area contributed by atoms with Crippen LogP contribution in [-0.2, 0) is 16.0 Å². The Labute approximate surface area is 95.0 Å². The molecule has 0 atom stereocenters. The number of aliphatic hydroxyl groups excluding tert-OH is 1. The first kappa shape index (κ1) is 12.5. The molecule has 0 saturated carbocycles. The smallest absolute Gasteiger partial charge is 0.310 e. The van der Waals surface area contributed by atoms with Gasteiger partial charge in [-0.3, -0.25) is 4.79 Å². The minimum atomic E-state index is -0.261. The van der Waals surface area contributed by atoms with Crippen LogP contribution in [0.2, 0.25) is 0 Å². The summed E-state index contributed by atoms with van der Waals surface area (Å²) in [6, 6.07) is 7.18. The lowest BCUT2D eigenvalue weighted by molar-refractivity contribution is -0.143. The minimum Gasteiger partial charge on any atom is -0.465 e. The fourth-order valence-electron chi connectivity index (χ4n) is 1.32. The predicted octanol–water partition coefficient (Wildman–Crippen LogP) is 1.13. The van der Waals surface area contributed by atoms with Crippen molar-refractivity contribution in [2.24, 2.45) is 0 Å². The zero-order valence-corrected chi connectivity index (χ0v) is 9.19. The Balaban J connectivity index is 2.29. The molecule has 4 heteroatoms. The Kier molecular flexibility index (Phi) is 5.36. The van der Waals surface area contributed by atoms with Gasteiger partial charge in [0.1, 0.15) is 0 Å². The van der Waals surface area contributed by atoms with Crippen LogP contribution in [0.3, 0.4) is 0 Å². The number of hydrogen-bond donors (Lipinski definition) is 2. The van der Waals surface area contributed by atoms with Crippen LogP contribution in [0.25, 0.3) is 0 Å². The summed E-state index contributed by atoms with van der Waals surface area (Å²) < 4.78 is 5.00. The molecule has 1 aromatic carbocycles.